The molecule has 7 nitrogen and oxygen atoms in total. The van der Waals surface area contributed by atoms with Gasteiger partial charge in [-0.3, -0.25) is 0 Å². The zero-order valence-corrected chi connectivity index (χ0v) is 12.1. The summed E-state index contributed by atoms with van der Waals surface area (Å²) in [7, 11) is 0. The number of aromatic carboxylic acids is 1. The summed E-state index contributed by atoms with van der Waals surface area (Å²) < 4.78 is 1.81. The van der Waals surface area contributed by atoms with E-state index in [1.54, 1.807) is 16.8 Å². The number of hydrogen-bond acceptors (Lipinski definition) is 6. The molecule has 2 aromatic rings. The highest BCUT2D eigenvalue weighted by Gasteiger charge is 2.23. The maximum atomic E-state index is 11.3. The standard InChI is InChI=1S/C13H15N5O2S/c14-8-5-6-11(10(7-8)12(19)20)21-13-15-16-17-18(13)9-3-1-2-4-9/h5-7,9H,1-4,14H2,(H,19,20). The van der Waals surface area contributed by atoms with Crippen LogP contribution in [0.5, 0.6) is 0 Å². The molecule has 0 amide bonds. The van der Waals surface area contributed by atoms with Gasteiger partial charge in [-0.15, -0.1) is 5.10 Å². The summed E-state index contributed by atoms with van der Waals surface area (Å²) in [6.45, 7) is 0. The molecule has 1 aliphatic carbocycles. The molecule has 0 saturated heterocycles. The zero-order chi connectivity index (χ0) is 14.8. The van der Waals surface area contributed by atoms with Gasteiger partial charge in [0.2, 0.25) is 5.16 Å². The Labute approximate surface area is 125 Å². The molecule has 1 aliphatic rings. The number of tetrazole rings is 1. The van der Waals surface area contributed by atoms with E-state index in [9.17, 15) is 9.90 Å². The first kappa shape index (κ1) is 13.9. The van der Waals surface area contributed by atoms with Crippen molar-refractivity contribution in [2.45, 2.75) is 41.8 Å². The first-order valence-corrected chi connectivity index (χ1v) is 7.55. The summed E-state index contributed by atoms with van der Waals surface area (Å²) in [4.78, 5) is 11.9. The van der Waals surface area contributed by atoms with E-state index in [1.165, 1.54) is 30.7 Å². The first-order valence-electron chi connectivity index (χ1n) is 6.73. The highest BCUT2D eigenvalue weighted by molar-refractivity contribution is 7.99. The fourth-order valence-electron chi connectivity index (χ4n) is 2.53. The first-order chi connectivity index (χ1) is 10.1. The molecule has 1 fully saturated rings. The normalized spacial score (nSPS) is 15.4. The SMILES string of the molecule is Nc1ccc(Sc2nnnn2C2CCCC2)c(C(=O)O)c1. The van der Waals surface area contributed by atoms with Gasteiger partial charge in [0.25, 0.3) is 0 Å². The fourth-order valence-corrected chi connectivity index (χ4v) is 3.48. The van der Waals surface area contributed by atoms with Gasteiger partial charge < -0.3 is 10.8 Å². The second-order valence-corrected chi connectivity index (χ2v) is 6.02. The molecule has 1 heterocycles. The Kier molecular flexibility index (Phi) is 3.78. The summed E-state index contributed by atoms with van der Waals surface area (Å²) in [5.74, 6) is -1.01. The van der Waals surface area contributed by atoms with Gasteiger partial charge >= 0.3 is 5.97 Å². The van der Waals surface area contributed by atoms with Gasteiger partial charge in [-0.1, -0.05) is 12.8 Å². The number of nitrogens with zero attached hydrogens (tertiary/aromatic N) is 4. The van der Waals surface area contributed by atoms with Gasteiger partial charge in [-0.25, -0.2) is 9.48 Å². The van der Waals surface area contributed by atoms with Crippen LogP contribution in [-0.4, -0.2) is 31.3 Å². The van der Waals surface area contributed by atoms with Crippen molar-refractivity contribution in [3.63, 3.8) is 0 Å². The molecule has 0 spiro atoms. The van der Waals surface area contributed by atoms with Gasteiger partial charge in [0, 0.05) is 10.6 Å². The predicted molar refractivity (Wildman–Crippen MR) is 77.3 cm³/mol. The topological polar surface area (TPSA) is 107 Å². The highest BCUT2D eigenvalue weighted by atomic mass is 32.2. The number of aromatic nitrogens is 4. The van der Waals surface area contributed by atoms with Crippen LogP contribution < -0.4 is 5.73 Å². The molecule has 0 radical (unpaired) electrons. The van der Waals surface area contributed by atoms with Crippen molar-refractivity contribution in [1.29, 1.82) is 0 Å². The molecule has 110 valence electrons. The highest BCUT2D eigenvalue weighted by Crippen LogP contribution is 2.35. The van der Waals surface area contributed by atoms with Gasteiger partial charge in [0.15, 0.2) is 0 Å². The number of carboxylic acid groups (broad SMARTS) is 1. The molecular formula is C13H15N5O2S. The van der Waals surface area contributed by atoms with Crippen LogP contribution in [0.1, 0.15) is 42.1 Å². The molecule has 3 N–H and O–H groups in total. The van der Waals surface area contributed by atoms with Crippen molar-refractivity contribution < 1.29 is 9.90 Å². The van der Waals surface area contributed by atoms with E-state index in [-0.39, 0.29) is 5.56 Å². The van der Waals surface area contributed by atoms with Crippen molar-refractivity contribution in [1.82, 2.24) is 20.2 Å². The van der Waals surface area contributed by atoms with Crippen molar-refractivity contribution >= 4 is 23.4 Å². The molecule has 1 aromatic carbocycles. The minimum atomic E-state index is -1.01. The lowest BCUT2D eigenvalue weighted by Crippen LogP contribution is -2.08. The van der Waals surface area contributed by atoms with Crippen molar-refractivity contribution in [2.24, 2.45) is 0 Å². The van der Waals surface area contributed by atoms with E-state index in [1.807, 2.05) is 0 Å². The number of rotatable bonds is 4. The van der Waals surface area contributed by atoms with E-state index in [2.05, 4.69) is 15.5 Å². The average molecular weight is 305 g/mol. The van der Waals surface area contributed by atoms with Crippen LogP contribution in [0.15, 0.2) is 28.3 Å². The number of anilines is 1. The quantitative estimate of drug-likeness (QED) is 0.834. The Morgan fingerprint density at radius 1 is 1.38 bits per heavy atom. The maximum absolute atomic E-state index is 11.3. The van der Waals surface area contributed by atoms with Crippen LogP contribution in [0.2, 0.25) is 0 Å². The van der Waals surface area contributed by atoms with Gasteiger partial charge in [-0.05, 0) is 53.2 Å². The number of benzene rings is 1. The Bertz CT molecular complexity index is 666. The van der Waals surface area contributed by atoms with Crippen molar-refractivity contribution in [2.75, 3.05) is 5.73 Å². The van der Waals surface area contributed by atoms with E-state index >= 15 is 0 Å². The largest absolute Gasteiger partial charge is 0.478 e. The molecule has 8 heteroatoms. The number of nitrogens with two attached hydrogens (primary N) is 1. The fraction of sp³-hybridized carbons (Fsp3) is 0.385. The lowest BCUT2D eigenvalue weighted by atomic mass is 10.2. The third-order valence-corrected chi connectivity index (χ3v) is 4.60. The van der Waals surface area contributed by atoms with E-state index in [0.29, 0.717) is 21.8 Å². The van der Waals surface area contributed by atoms with Crippen LogP contribution in [-0.2, 0) is 0 Å². The van der Waals surface area contributed by atoms with Gasteiger partial charge in [-0.2, -0.15) is 0 Å². The number of carboxylic acids is 1. The number of nitrogen functional groups attached to an aromatic ring is 1. The summed E-state index contributed by atoms with van der Waals surface area (Å²) in [5.41, 5.74) is 6.24. The summed E-state index contributed by atoms with van der Waals surface area (Å²) in [6, 6.07) is 5.13. The second-order valence-electron chi connectivity index (χ2n) is 5.01. The molecule has 0 aliphatic heterocycles. The molecular weight excluding hydrogens is 290 g/mol. The Morgan fingerprint density at radius 2 is 2.14 bits per heavy atom. The van der Waals surface area contributed by atoms with Crippen LogP contribution in [0, 0.1) is 0 Å². The zero-order valence-electron chi connectivity index (χ0n) is 11.3. The van der Waals surface area contributed by atoms with Crippen LogP contribution in [0.25, 0.3) is 0 Å². The molecule has 21 heavy (non-hydrogen) atoms. The molecule has 1 saturated carbocycles. The monoisotopic (exact) mass is 305 g/mol. The molecule has 0 bridgehead atoms. The van der Waals surface area contributed by atoms with Crippen LogP contribution in [0.3, 0.4) is 0 Å². The third kappa shape index (κ3) is 2.85. The van der Waals surface area contributed by atoms with E-state index in [0.717, 1.165) is 12.8 Å². The maximum Gasteiger partial charge on any atom is 0.336 e. The predicted octanol–water partition coefficient (Wildman–Crippen LogP) is 2.22. The molecule has 1 aromatic heterocycles. The van der Waals surface area contributed by atoms with Gasteiger partial charge in [0.05, 0.1) is 11.6 Å². The minimum absolute atomic E-state index is 0.168. The summed E-state index contributed by atoms with van der Waals surface area (Å²) in [6.07, 6.45) is 4.48. The smallest absolute Gasteiger partial charge is 0.336 e. The molecule has 0 atom stereocenters. The Balaban J connectivity index is 1.91. The average Bonchev–Trinajstić information content (AvgIpc) is 3.11. The minimum Gasteiger partial charge on any atom is -0.478 e. The molecule has 0 unspecified atom stereocenters. The Hall–Kier alpha value is -2.09. The molecule has 3 rings (SSSR count). The Morgan fingerprint density at radius 3 is 2.86 bits per heavy atom. The lowest BCUT2D eigenvalue weighted by molar-refractivity contribution is 0.0693. The van der Waals surface area contributed by atoms with Crippen molar-refractivity contribution in [3.8, 4) is 0 Å². The third-order valence-electron chi connectivity index (χ3n) is 3.57. The summed E-state index contributed by atoms with van der Waals surface area (Å²) >= 11 is 1.26. The number of carbonyl (C=O) groups is 1. The van der Waals surface area contributed by atoms with E-state index < -0.39 is 5.97 Å². The second kappa shape index (κ2) is 5.72. The van der Waals surface area contributed by atoms with Crippen molar-refractivity contribution in [3.05, 3.63) is 23.8 Å². The number of hydrogen-bond donors (Lipinski definition) is 2. The lowest BCUT2D eigenvalue weighted by Gasteiger charge is -2.11. The van der Waals surface area contributed by atoms with Crippen LogP contribution >= 0.6 is 11.8 Å². The van der Waals surface area contributed by atoms with Crippen LogP contribution in [0.4, 0.5) is 5.69 Å². The van der Waals surface area contributed by atoms with E-state index in [4.69, 9.17) is 5.73 Å². The summed E-state index contributed by atoms with van der Waals surface area (Å²) in [5, 5.41) is 21.7. The van der Waals surface area contributed by atoms with Gasteiger partial charge in [0.1, 0.15) is 0 Å².